The molecular formula is C21H25N3O2S. The van der Waals surface area contributed by atoms with Crippen molar-refractivity contribution in [2.24, 2.45) is 4.99 Å². The molecule has 1 saturated heterocycles. The summed E-state index contributed by atoms with van der Waals surface area (Å²) in [5.41, 5.74) is 2.09. The van der Waals surface area contributed by atoms with Crippen molar-refractivity contribution in [3.8, 4) is 11.5 Å². The highest BCUT2D eigenvalue weighted by atomic mass is 32.2. The van der Waals surface area contributed by atoms with E-state index in [1.54, 1.807) is 7.11 Å². The van der Waals surface area contributed by atoms with Crippen LogP contribution < -0.4 is 9.47 Å². The molecule has 27 heavy (non-hydrogen) atoms. The lowest BCUT2D eigenvalue weighted by Gasteiger charge is -2.30. The third-order valence-corrected chi connectivity index (χ3v) is 5.88. The summed E-state index contributed by atoms with van der Waals surface area (Å²) >= 11 is 1.84. The molecule has 1 aromatic heterocycles. The average molecular weight is 384 g/mol. The standard InChI is InChI=1S/C21H25N3O2S/c1-13(2)26-20-15(8-7-10-17(20)25-4)19-18(16-9-5-6-11-22-16)23-21-24(19)12-14(3)27-21/h5-11,13-14,18-19H,12H2,1-4H3/t14-,18-,19+/m0/s1. The molecule has 142 valence electrons. The number of aliphatic imine (C=N–C) groups is 1. The zero-order valence-electron chi connectivity index (χ0n) is 16.1. The molecule has 0 bridgehead atoms. The highest BCUT2D eigenvalue weighted by Gasteiger charge is 2.45. The third-order valence-electron chi connectivity index (χ3n) is 4.78. The maximum atomic E-state index is 6.21. The Morgan fingerprint density at radius 3 is 2.74 bits per heavy atom. The van der Waals surface area contributed by atoms with Gasteiger partial charge in [0.1, 0.15) is 6.04 Å². The van der Waals surface area contributed by atoms with E-state index in [4.69, 9.17) is 14.5 Å². The largest absolute Gasteiger partial charge is 0.493 e. The van der Waals surface area contributed by atoms with Gasteiger partial charge in [0.25, 0.3) is 0 Å². The fraction of sp³-hybridized carbons (Fsp3) is 0.429. The van der Waals surface area contributed by atoms with Crippen LogP contribution in [-0.4, -0.2) is 40.1 Å². The normalized spacial score (nSPS) is 24.1. The molecule has 2 aliphatic rings. The monoisotopic (exact) mass is 383 g/mol. The number of thioether (sulfide) groups is 1. The van der Waals surface area contributed by atoms with Crippen LogP contribution in [0.4, 0.5) is 0 Å². The number of ether oxygens (including phenoxy) is 2. The van der Waals surface area contributed by atoms with Gasteiger partial charge in [-0.2, -0.15) is 0 Å². The molecule has 0 N–H and O–H groups in total. The van der Waals surface area contributed by atoms with E-state index >= 15 is 0 Å². The van der Waals surface area contributed by atoms with Crippen molar-refractivity contribution in [1.29, 1.82) is 0 Å². The fourth-order valence-corrected chi connectivity index (χ4v) is 4.84. The van der Waals surface area contributed by atoms with Gasteiger partial charge < -0.3 is 14.4 Å². The second kappa shape index (κ2) is 7.43. The van der Waals surface area contributed by atoms with Gasteiger partial charge in [-0.1, -0.05) is 36.9 Å². The van der Waals surface area contributed by atoms with Gasteiger partial charge >= 0.3 is 0 Å². The Balaban J connectivity index is 1.83. The predicted molar refractivity (Wildman–Crippen MR) is 110 cm³/mol. The Labute approximate surface area is 164 Å². The molecule has 2 aromatic rings. The number of benzene rings is 1. The first-order chi connectivity index (χ1) is 13.1. The van der Waals surface area contributed by atoms with Gasteiger partial charge in [-0.25, -0.2) is 0 Å². The van der Waals surface area contributed by atoms with E-state index in [0.717, 1.165) is 34.5 Å². The Morgan fingerprint density at radius 2 is 2.04 bits per heavy atom. The minimum atomic E-state index is -0.0529. The molecule has 0 saturated carbocycles. The van der Waals surface area contributed by atoms with Crippen LogP contribution in [0.1, 0.15) is 44.1 Å². The quantitative estimate of drug-likeness (QED) is 0.762. The first-order valence-electron chi connectivity index (χ1n) is 9.34. The maximum Gasteiger partial charge on any atom is 0.166 e. The molecule has 5 nitrogen and oxygen atoms in total. The van der Waals surface area contributed by atoms with Crippen LogP contribution in [0.15, 0.2) is 47.6 Å². The van der Waals surface area contributed by atoms with E-state index in [9.17, 15) is 0 Å². The van der Waals surface area contributed by atoms with Crippen LogP contribution >= 0.6 is 11.8 Å². The van der Waals surface area contributed by atoms with E-state index in [1.807, 2.05) is 56.1 Å². The summed E-state index contributed by atoms with van der Waals surface area (Å²) in [5, 5.41) is 1.62. The van der Waals surface area contributed by atoms with Gasteiger partial charge in [-0.3, -0.25) is 9.98 Å². The number of hydrogen-bond acceptors (Lipinski definition) is 6. The zero-order chi connectivity index (χ0) is 19.0. The molecule has 3 atom stereocenters. The van der Waals surface area contributed by atoms with Gasteiger partial charge in [0, 0.05) is 23.6 Å². The summed E-state index contributed by atoms with van der Waals surface area (Å²) < 4.78 is 11.8. The van der Waals surface area contributed by atoms with Crippen molar-refractivity contribution in [2.45, 2.75) is 44.2 Å². The molecule has 0 spiro atoms. The van der Waals surface area contributed by atoms with E-state index in [-0.39, 0.29) is 18.2 Å². The second-order valence-corrected chi connectivity index (χ2v) is 8.59. The Bertz CT molecular complexity index is 841. The summed E-state index contributed by atoms with van der Waals surface area (Å²) in [4.78, 5) is 12.1. The zero-order valence-corrected chi connectivity index (χ0v) is 16.9. The molecular weight excluding hydrogens is 358 g/mol. The average Bonchev–Trinajstić information content (AvgIpc) is 3.18. The molecule has 0 radical (unpaired) electrons. The van der Waals surface area contributed by atoms with Crippen LogP contribution in [0.3, 0.4) is 0 Å². The Hall–Kier alpha value is -2.21. The SMILES string of the molecule is COc1cccc([C@@H]2[C@H](c3ccccn3)N=C3S[C@@H](C)CN32)c1OC(C)C. The van der Waals surface area contributed by atoms with E-state index in [2.05, 4.69) is 28.9 Å². The van der Waals surface area contributed by atoms with Gasteiger partial charge in [0.05, 0.1) is 24.9 Å². The van der Waals surface area contributed by atoms with Crippen molar-refractivity contribution < 1.29 is 9.47 Å². The van der Waals surface area contributed by atoms with Crippen molar-refractivity contribution in [2.75, 3.05) is 13.7 Å². The Kier molecular flexibility index (Phi) is 5.00. The van der Waals surface area contributed by atoms with Crippen LogP contribution in [0, 0.1) is 0 Å². The Morgan fingerprint density at radius 1 is 1.19 bits per heavy atom. The number of methoxy groups -OCH3 is 1. The number of amidine groups is 1. The number of nitrogens with zero attached hydrogens (tertiary/aromatic N) is 3. The minimum Gasteiger partial charge on any atom is -0.493 e. The first-order valence-corrected chi connectivity index (χ1v) is 10.2. The van der Waals surface area contributed by atoms with Crippen LogP contribution in [0.2, 0.25) is 0 Å². The third kappa shape index (κ3) is 3.38. The van der Waals surface area contributed by atoms with Gasteiger partial charge in [-0.05, 0) is 32.0 Å². The smallest absolute Gasteiger partial charge is 0.166 e. The molecule has 2 aliphatic heterocycles. The lowest BCUT2D eigenvalue weighted by Crippen LogP contribution is -2.29. The molecule has 0 unspecified atom stereocenters. The summed E-state index contributed by atoms with van der Waals surface area (Å²) in [6, 6.07) is 12.1. The van der Waals surface area contributed by atoms with Crippen molar-refractivity contribution in [3.63, 3.8) is 0 Å². The number of fused-ring (bicyclic) bond motifs is 1. The number of hydrogen-bond donors (Lipinski definition) is 0. The predicted octanol–water partition coefficient (Wildman–Crippen LogP) is 4.47. The van der Waals surface area contributed by atoms with Crippen molar-refractivity contribution in [3.05, 3.63) is 53.9 Å². The summed E-state index contributed by atoms with van der Waals surface area (Å²) in [6.45, 7) is 7.29. The number of para-hydroxylation sites is 1. The van der Waals surface area contributed by atoms with Crippen LogP contribution in [0.25, 0.3) is 0 Å². The van der Waals surface area contributed by atoms with Crippen LogP contribution in [-0.2, 0) is 0 Å². The summed E-state index contributed by atoms with van der Waals surface area (Å²) in [6.07, 6.45) is 1.89. The maximum absolute atomic E-state index is 6.21. The summed E-state index contributed by atoms with van der Waals surface area (Å²) in [5.74, 6) is 1.57. The lowest BCUT2D eigenvalue weighted by molar-refractivity contribution is 0.218. The molecule has 1 aromatic carbocycles. The highest BCUT2D eigenvalue weighted by Crippen LogP contribution is 2.51. The summed E-state index contributed by atoms with van der Waals surface area (Å²) in [7, 11) is 1.69. The van der Waals surface area contributed by atoms with Crippen molar-refractivity contribution in [1.82, 2.24) is 9.88 Å². The molecule has 0 aliphatic carbocycles. The van der Waals surface area contributed by atoms with E-state index < -0.39 is 0 Å². The first kappa shape index (κ1) is 18.2. The number of rotatable bonds is 5. The van der Waals surface area contributed by atoms with Gasteiger partial charge in [0.15, 0.2) is 16.7 Å². The fourth-order valence-electron chi connectivity index (χ4n) is 3.74. The molecule has 4 rings (SSSR count). The number of aromatic nitrogens is 1. The minimum absolute atomic E-state index is 0.0520. The molecule has 3 heterocycles. The molecule has 0 amide bonds. The van der Waals surface area contributed by atoms with Crippen molar-refractivity contribution >= 4 is 16.9 Å². The molecule has 1 fully saturated rings. The van der Waals surface area contributed by atoms with Gasteiger partial charge in [0.2, 0.25) is 0 Å². The number of pyridine rings is 1. The van der Waals surface area contributed by atoms with Gasteiger partial charge in [-0.15, -0.1) is 0 Å². The van der Waals surface area contributed by atoms with E-state index in [0.29, 0.717) is 5.25 Å². The highest BCUT2D eigenvalue weighted by molar-refractivity contribution is 8.14. The topological polar surface area (TPSA) is 47.0 Å². The second-order valence-electron chi connectivity index (χ2n) is 7.18. The lowest BCUT2D eigenvalue weighted by atomic mass is 9.95. The molecule has 6 heteroatoms. The van der Waals surface area contributed by atoms with E-state index in [1.165, 1.54) is 0 Å². The van der Waals surface area contributed by atoms with Crippen LogP contribution in [0.5, 0.6) is 11.5 Å².